The first-order chi connectivity index (χ1) is 29.0. The second-order valence-corrected chi connectivity index (χ2v) is 15.7. The number of ether oxygens (including phenoxy) is 2. The molecule has 7 aromatic rings. The third-order valence-electron chi connectivity index (χ3n) is 12.0. The van der Waals surface area contributed by atoms with Crippen molar-refractivity contribution in [3.05, 3.63) is 158 Å². The summed E-state index contributed by atoms with van der Waals surface area (Å²) < 4.78 is 32.4. The number of hydrogen-bond acceptors (Lipinski definition) is 6. The fraction of sp³-hybridized carbons (Fsp3) is 0.277. The zero-order chi connectivity index (χ0) is 41.8. The van der Waals surface area contributed by atoms with E-state index in [0.717, 1.165) is 29.4 Å². The molecule has 2 aliphatic heterocycles. The zero-order valence-electron chi connectivity index (χ0n) is 33.9. The van der Waals surface area contributed by atoms with Gasteiger partial charge in [-0.3, -0.25) is 13.9 Å². The van der Waals surface area contributed by atoms with Crippen molar-refractivity contribution in [2.24, 2.45) is 0 Å². The minimum Gasteiger partial charge on any atom is -0.478 e. The van der Waals surface area contributed by atoms with E-state index in [9.17, 15) is 14.7 Å². The van der Waals surface area contributed by atoms with Crippen LogP contribution in [-0.2, 0) is 22.5 Å². The molecule has 0 unspecified atom stereocenters. The Morgan fingerprint density at radius 1 is 0.917 bits per heavy atom. The summed E-state index contributed by atoms with van der Waals surface area (Å²) in [5.41, 5.74) is 6.74. The van der Waals surface area contributed by atoms with Gasteiger partial charge in [0, 0.05) is 56.6 Å². The van der Waals surface area contributed by atoms with Crippen molar-refractivity contribution in [3.8, 4) is 22.9 Å². The summed E-state index contributed by atoms with van der Waals surface area (Å²) in [5, 5.41) is 16.2. The van der Waals surface area contributed by atoms with E-state index in [1.807, 2.05) is 43.3 Å². The van der Waals surface area contributed by atoms with Gasteiger partial charge in [-0.25, -0.2) is 18.7 Å². The van der Waals surface area contributed by atoms with Crippen LogP contribution in [0.25, 0.3) is 33.8 Å². The third kappa shape index (κ3) is 6.63. The van der Waals surface area contributed by atoms with Gasteiger partial charge < -0.3 is 24.0 Å². The highest BCUT2D eigenvalue weighted by atomic mass is 19.1. The molecule has 2 aliphatic rings. The maximum absolute atomic E-state index is 15.2. The molecule has 0 aliphatic carbocycles. The van der Waals surface area contributed by atoms with E-state index >= 15 is 9.18 Å². The lowest BCUT2D eigenvalue weighted by Crippen LogP contribution is -2.40. The fourth-order valence-corrected chi connectivity index (χ4v) is 8.97. The van der Waals surface area contributed by atoms with E-state index in [1.165, 1.54) is 4.57 Å². The number of carbonyl (C=O) groups is 2. The number of carboxylic acids is 1. The molecule has 1 atom stereocenters. The van der Waals surface area contributed by atoms with Gasteiger partial charge in [0.05, 0.1) is 46.5 Å². The van der Waals surface area contributed by atoms with Crippen molar-refractivity contribution in [2.45, 2.75) is 58.6 Å². The SMILES string of the molecule is COCc1ccc(-n2ccn(-c3c4c(nn3-c3cc(C)c(F)c(C)c3)CCN(C(=O)c3cc5cc(C6CCOCC6)ccc5n3-c3ccccc3C(=O)O)[C@H]4C)c2=O)cc1. The standard InChI is InChI=1S/C47H45FN6O6/c1-28-23-36(24-29(2)43(28)48)54-44(52-20-19-51(47(52)58)35-12-9-31(10-13-35)27-59-4)42-30(3)50(18-15-38(42)49-54)45(55)41-26-34-25-33(32-16-21-60-22-17-32)11-14-39(34)53(41)40-8-6-5-7-37(40)46(56)57/h5-14,19-20,23-26,30,32H,15-18,21-22,27H2,1-4H3,(H,56,57)/t30-/m0/s1. The van der Waals surface area contributed by atoms with E-state index in [0.29, 0.717) is 95.2 Å². The maximum atomic E-state index is 15.2. The molecule has 1 amide bonds. The van der Waals surface area contributed by atoms with Gasteiger partial charge in [0.15, 0.2) is 0 Å². The molecule has 1 saturated heterocycles. The number of methoxy groups -OCH3 is 1. The number of amides is 1. The number of carboxylic acid groups (broad SMARTS) is 1. The topological polar surface area (TPSA) is 126 Å². The van der Waals surface area contributed by atoms with E-state index < -0.39 is 12.0 Å². The van der Waals surface area contributed by atoms with Crippen LogP contribution >= 0.6 is 0 Å². The molecular weight excluding hydrogens is 764 g/mol. The van der Waals surface area contributed by atoms with Gasteiger partial charge >= 0.3 is 11.7 Å². The summed E-state index contributed by atoms with van der Waals surface area (Å²) in [6.07, 6.45) is 5.55. The number of halogens is 1. The average molecular weight is 809 g/mol. The van der Waals surface area contributed by atoms with Gasteiger partial charge in [-0.15, -0.1) is 0 Å². The molecule has 306 valence electrons. The highest BCUT2D eigenvalue weighted by Crippen LogP contribution is 2.39. The van der Waals surface area contributed by atoms with Crippen molar-refractivity contribution in [1.82, 2.24) is 28.4 Å². The molecule has 13 heteroatoms. The van der Waals surface area contributed by atoms with Crippen molar-refractivity contribution in [1.29, 1.82) is 0 Å². The smallest absolute Gasteiger partial charge is 0.338 e. The average Bonchev–Trinajstić information content (AvgIpc) is 3.96. The minimum absolute atomic E-state index is 0.0669. The Morgan fingerprint density at radius 3 is 2.35 bits per heavy atom. The fourth-order valence-electron chi connectivity index (χ4n) is 8.97. The molecule has 4 aromatic carbocycles. The van der Waals surface area contributed by atoms with Crippen molar-refractivity contribution < 1.29 is 28.6 Å². The van der Waals surface area contributed by atoms with Crippen LogP contribution < -0.4 is 5.69 Å². The van der Waals surface area contributed by atoms with Crippen LogP contribution in [0.4, 0.5) is 4.39 Å². The number of carbonyl (C=O) groups excluding carboxylic acids is 1. The van der Waals surface area contributed by atoms with E-state index in [2.05, 4.69) is 12.1 Å². The van der Waals surface area contributed by atoms with Crippen LogP contribution in [0.5, 0.6) is 0 Å². The van der Waals surface area contributed by atoms with Gasteiger partial charge in [0.2, 0.25) is 0 Å². The maximum Gasteiger partial charge on any atom is 0.338 e. The summed E-state index contributed by atoms with van der Waals surface area (Å²) in [4.78, 5) is 44.1. The highest BCUT2D eigenvalue weighted by Gasteiger charge is 2.37. The molecule has 1 N–H and O–H groups in total. The Bertz CT molecular complexity index is 2840. The summed E-state index contributed by atoms with van der Waals surface area (Å²) in [7, 11) is 1.63. The van der Waals surface area contributed by atoms with Gasteiger partial charge in [-0.1, -0.05) is 30.3 Å². The number of aromatic nitrogens is 5. The monoisotopic (exact) mass is 808 g/mol. The second-order valence-electron chi connectivity index (χ2n) is 15.7. The van der Waals surface area contributed by atoms with E-state index in [4.69, 9.17) is 14.6 Å². The Labute approximate surface area is 345 Å². The lowest BCUT2D eigenvalue weighted by molar-refractivity contribution is 0.0663. The van der Waals surface area contributed by atoms with Crippen molar-refractivity contribution >= 4 is 22.8 Å². The van der Waals surface area contributed by atoms with Gasteiger partial charge in [0.25, 0.3) is 5.91 Å². The Hall–Kier alpha value is -6.57. The predicted molar refractivity (Wildman–Crippen MR) is 225 cm³/mol. The van der Waals surface area contributed by atoms with Crippen LogP contribution in [0.15, 0.2) is 102 Å². The normalized spacial score (nSPS) is 15.8. The molecule has 12 nitrogen and oxygen atoms in total. The van der Waals surface area contributed by atoms with Crippen molar-refractivity contribution in [2.75, 3.05) is 26.9 Å². The van der Waals surface area contributed by atoms with Crippen LogP contribution in [-0.4, -0.2) is 72.2 Å². The van der Waals surface area contributed by atoms with E-state index in [1.54, 1.807) is 88.5 Å². The quantitative estimate of drug-likeness (QED) is 0.157. The molecule has 60 heavy (non-hydrogen) atoms. The molecule has 3 aromatic heterocycles. The lowest BCUT2D eigenvalue weighted by atomic mass is 9.91. The van der Waals surface area contributed by atoms with E-state index in [-0.39, 0.29) is 23.0 Å². The number of fused-ring (bicyclic) bond motifs is 2. The number of aromatic carboxylic acids is 1. The first kappa shape index (κ1) is 38.9. The van der Waals surface area contributed by atoms with Crippen LogP contribution in [0.1, 0.15) is 86.1 Å². The number of nitrogens with zero attached hydrogens (tertiary/aromatic N) is 6. The number of para-hydroxylation sites is 1. The first-order valence-corrected chi connectivity index (χ1v) is 20.2. The van der Waals surface area contributed by atoms with Gasteiger partial charge in [-0.2, -0.15) is 5.10 Å². The van der Waals surface area contributed by atoms with Crippen LogP contribution in [0.3, 0.4) is 0 Å². The largest absolute Gasteiger partial charge is 0.478 e. The molecule has 0 bridgehead atoms. The molecular formula is C47H45FN6O6. The van der Waals surface area contributed by atoms with Crippen molar-refractivity contribution in [3.63, 3.8) is 0 Å². The molecule has 0 saturated carbocycles. The zero-order valence-corrected chi connectivity index (χ0v) is 33.9. The molecule has 9 rings (SSSR count). The molecule has 1 fully saturated rings. The Balaban J connectivity index is 1.19. The number of hydrogen-bond donors (Lipinski definition) is 1. The molecule has 0 radical (unpaired) electrons. The summed E-state index contributed by atoms with van der Waals surface area (Å²) >= 11 is 0. The number of rotatable bonds is 9. The lowest BCUT2D eigenvalue weighted by Gasteiger charge is -2.34. The third-order valence-corrected chi connectivity index (χ3v) is 12.0. The first-order valence-electron chi connectivity index (χ1n) is 20.2. The molecule has 0 spiro atoms. The second kappa shape index (κ2) is 15.6. The van der Waals surface area contributed by atoms with Crippen LogP contribution in [0.2, 0.25) is 0 Å². The predicted octanol–water partition coefficient (Wildman–Crippen LogP) is 8.01. The van der Waals surface area contributed by atoms with Gasteiger partial charge in [0.1, 0.15) is 17.3 Å². The highest BCUT2D eigenvalue weighted by molar-refractivity contribution is 6.02. The number of benzene rings is 4. The summed E-state index contributed by atoms with van der Waals surface area (Å²) in [5.74, 6) is -0.965. The van der Waals surface area contributed by atoms with Gasteiger partial charge in [-0.05, 0) is 116 Å². The van der Waals surface area contributed by atoms with Crippen LogP contribution in [0, 0.1) is 19.7 Å². The Morgan fingerprint density at radius 2 is 1.63 bits per heavy atom. The molecule has 5 heterocycles. The summed E-state index contributed by atoms with van der Waals surface area (Å²) in [6.45, 7) is 7.44. The minimum atomic E-state index is -1.10. The Kier molecular flexibility index (Phi) is 10.1. The summed E-state index contributed by atoms with van der Waals surface area (Å²) in [6, 6.07) is 25.1. The number of aryl methyl sites for hydroxylation is 2. The number of imidazole rings is 1.